The fraction of sp³-hybridized carbons (Fsp3) is 0. The maximum Gasteiger partial charge on any atom is 0.344 e. The highest BCUT2D eigenvalue weighted by Gasteiger charge is 2.15. The number of benzene rings is 3. The summed E-state index contributed by atoms with van der Waals surface area (Å²) in [5.74, 6) is -1.49. The zero-order valence-corrected chi connectivity index (χ0v) is 16.0. The Hall–Kier alpha value is -3.95. The molecule has 1 N–H and O–H groups in total. The second-order valence-corrected chi connectivity index (χ2v) is 6.85. The molecule has 0 unspecified atom stereocenters. The van der Waals surface area contributed by atoms with Crippen LogP contribution < -0.4 is 10.9 Å². The molecule has 1 aromatic heterocycles. The standard InChI is InChI=1S/C23H12ClFN2O3/c24-19-11-15(27-22(28)17-7-5-13(12-26)9-20(17)25)6-8-16(19)18-10-14-3-1-2-4-21(14)30-23(18)29/h1-11H,(H,27,28). The Morgan fingerprint density at radius 2 is 1.83 bits per heavy atom. The number of hydrogen-bond donors (Lipinski definition) is 1. The second-order valence-electron chi connectivity index (χ2n) is 6.44. The first kappa shape index (κ1) is 19.4. The van der Waals surface area contributed by atoms with Crippen LogP contribution >= 0.6 is 11.6 Å². The number of halogens is 2. The van der Waals surface area contributed by atoms with E-state index in [0.29, 0.717) is 16.8 Å². The average molecular weight is 419 g/mol. The first-order valence-corrected chi connectivity index (χ1v) is 9.18. The lowest BCUT2D eigenvalue weighted by Gasteiger charge is -2.10. The summed E-state index contributed by atoms with van der Waals surface area (Å²) < 4.78 is 19.4. The van der Waals surface area contributed by atoms with Crippen molar-refractivity contribution in [3.8, 4) is 17.2 Å². The van der Waals surface area contributed by atoms with E-state index in [1.165, 1.54) is 18.2 Å². The van der Waals surface area contributed by atoms with Crippen LogP contribution in [0.4, 0.5) is 10.1 Å². The molecule has 0 fully saturated rings. The second kappa shape index (κ2) is 7.82. The van der Waals surface area contributed by atoms with Crippen LogP contribution in [-0.4, -0.2) is 5.91 Å². The Morgan fingerprint density at radius 1 is 1.03 bits per heavy atom. The van der Waals surface area contributed by atoms with Crippen molar-refractivity contribution in [1.29, 1.82) is 5.26 Å². The zero-order valence-electron chi connectivity index (χ0n) is 15.3. The number of nitriles is 1. The van der Waals surface area contributed by atoms with E-state index in [0.717, 1.165) is 11.5 Å². The predicted molar refractivity (Wildman–Crippen MR) is 112 cm³/mol. The van der Waals surface area contributed by atoms with Gasteiger partial charge in [0.2, 0.25) is 0 Å². The molecule has 0 spiro atoms. The van der Waals surface area contributed by atoms with Crippen LogP contribution in [0, 0.1) is 17.1 Å². The number of nitrogens with zero attached hydrogens (tertiary/aromatic N) is 1. The number of anilines is 1. The predicted octanol–water partition coefficient (Wildman–Crippen LogP) is 5.38. The number of amides is 1. The number of para-hydroxylation sites is 1. The van der Waals surface area contributed by atoms with Crippen molar-refractivity contribution < 1.29 is 13.6 Å². The molecule has 0 saturated carbocycles. The third kappa shape index (κ3) is 3.66. The number of carbonyl (C=O) groups excluding carboxylic acids is 1. The smallest absolute Gasteiger partial charge is 0.344 e. The van der Waals surface area contributed by atoms with Crippen molar-refractivity contribution in [1.82, 2.24) is 0 Å². The first-order valence-electron chi connectivity index (χ1n) is 8.80. The van der Waals surface area contributed by atoms with Gasteiger partial charge in [-0.2, -0.15) is 5.26 Å². The van der Waals surface area contributed by atoms with Gasteiger partial charge in [0.25, 0.3) is 5.91 Å². The minimum absolute atomic E-state index is 0.116. The van der Waals surface area contributed by atoms with Crippen LogP contribution in [0.3, 0.4) is 0 Å². The van der Waals surface area contributed by atoms with Gasteiger partial charge in [-0.15, -0.1) is 0 Å². The first-order chi connectivity index (χ1) is 14.5. The summed E-state index contributed by atoms with van der Waals surface area (Å²) in [7, 11) is 0. The molecule has 30 heavy (non-hydrogen) atoms. The summed E-state index contributed by atoms with van der Waals surface area (Å²) in [4.78, 5) is 24.7. The molecular weight excluding hydrogens is 407 g/mol. The van der Waals surface area contributed by atoms with E-state index in [1.54, 1.807) is 36.4 Å². The maximum atomic E-state index is 14.0. The number of rotatable bonds is 3. The van der Waals surface area contributed by atoms with Gasteiger partial charge in [0.05, 0.1) is 27.8 Å². The van der Waals surface area contributed by atoms with Crippen LogP contribution in [0.15, 0.2) is 75.9 Å². The van der Waals surface area contributed by atoms with Gasteiger partial charge in [-0.25, -0.2) is 9.18 Å². The van der Waals surface area contributed by atoms with E-state index in [1.807, 2.05) is 12.1 Å². The van der Waals surface area contributed by atoms with Crippen LogP contribution in [-0.2, 0) is 0 Å². The van der Waals surface area contributed by atoms with Crippen molar-refractivity contribution >= 4 is 34.2 Å². The fourth-order valence-electron chi connectivity index (χ4n) is 3.03. The molecule has 7 heteroatoms. The molecule has 0 bridgehead atoms. The Bertz CT molecular complexity index is 1410. The van der Waals surface area contributed by atoms with Gasteiger partial charge in [0.1, 0.15) is 11.4 Å². The quantitative estimate of drug-likeness (QED) is 0.453. The van der Waals surface area contributed by atoms with E-state index in [9.17, 15) is 14.0 Å². The zero-order chi connectivity index (χ0) is 21.3. The Balaban J connectivity index is 1.64. The van der Waals surface area contributed by atoms with Gasteiger partial charge >= 0.3 is 5.63 Å². The highest BCUT2D eigenvalue weighted by Crippen LogP contribution is 2.30. The summed E-state index contributed by atoms with van der Waals surface area (Å²) in [5, 5.41) is 12.3. The van der Waals surface area contributed by atoms with Crippen LogP contribution in [0.25, 0.3) is 22.1 Å². The molecule has 0 aliphatic rings. The third-order valence-corrected chi connectivity index (χ3v) is 4.81. The monoisotopic (exact) mass is 418 g/mol. The van der Waals surface area contributed by atoms with Crippen LogP contribution in [0.5, 0.6) is 0 Å². The van der Waals surface area contributed by atoms with Gasteiger partial charge in [0, 0.05) is 16.6 Å². The molecule has 0 saturated heterocycles. The molecule has 4 aromatic rings. The molecule has 0 radical (unpaired) electrons. The molecule has 3 aromatic carbocycles. The Morgan fingerprint density at radius 3 is 2.57 bits per heavy atom. The molecule has 1 amide bonds. The molecular formula is C23H12ClFN2O3. The molecule has 146 valence electrons. The number of hydrogen-bond acceptors (Lipinski definition) is 4. The van der Waals surface area contributed by atoms with Crippen molar-refractivity contribution in [3.05, 3.63) is 99.1 Å². The highest BCUT2D eigenvalue weighted by molar-refractivity contribution is 6.33. The lowest BCUT2D eigenvalue weighted by Crippen LogP contribution is -2.14. The summed E-state index contributed by atoms with van der Waals surface area (Å²) in [6.07, 6.45) is 0. The van der Waals surface area contributed by atoms with E-state index in [-0.39, 0.29) is 21.7 Å². The fourth-order valence-corrected chi connectivity index (χ4v) is 3.31. The number of nitrogens with one attached hydrogen (secondary N) is 1. The SMILES string of the molecule is N#Cc1ccc(C(=O)Nc2ccc(-c3cc4ccccc4oc3=O)c(Cl)c2)c(F)c1. The van der Waals surface area contributed by atoms with Gasteiger partial charge in [-0.1, -0.05) is 35.9 Å². The summed E-state index contributed by atoms with van der Waals surface area (Å²) in [6.45, 7) is 0. The van der Waals surface area contributed by atoms with Gasteiger partial charge in [0.15, 0.2) is 0 Å². The van der Waals surface area contributed by atoms with Crippen molar-refractivity contribution in [2.24, 2.45) is 0 Å². The van der Waals surface area contributed by atoms with Gasteiger partial charge < -0.3 is 9.73 Å². The van der Waals surface area contributed by atoms with E-state index in [4.69, 9.17) is 21.3 Å². The largest absolute Gasteiger partial charge is 0.422 e. The molecule has 5 nitrogen and oxygen atoms in total. The minimum Gasteiger partial charge on any atom is -0.422 e. The third-order valence-electron chi connectivity index (χ3n) is 4.50. The average Bonchev–Trinajstić information content (AvgIpc) is 2.73. The highest BCUT2D eigenvalue weighted by atomic mass is 35.5. The molecule has 1 heterocycles. The normalized spacial score (nSPS) is 10.6. The summed E-state index contributed by atoms with van der Waals surface area (Å²) >= 11 is 6.35. The van der Waals surface area contributed by atoms with Crippen molar-refractivity contribution in [2.45, 2.75) is 0 Å². The Labute approximate surface area is 174 Å². The Kier molecular flexibility index (Phi) is 5.05. The van der Waals surface area contributed by atoms with Crippen LogP contribution in [0.2, 0.25) is 5.02 Å². The van der Waals surface area contributed by atoms with Crippen molar-refractivity contribution in [2.75, 3.05) is 5.32 Å². The van der Waals surface area contributed by atoms with E-state index < -0.39 is 17.3 Å². The van der Waals surface area contributed by atoms with Gasteiger partial charge in [-0.05, 0) is 42.5 Å². The van der Waals surface area contributed by atoms with E-state index >= 15 is 0 Å². The minimum atomic E-state index is -0.803. The molecule has 4 rings (SSSR count). The van der Waals surface area contributed by atoms with E-state index in [2.05, 4.69) is 5.32 Å². The number of carbonyl (C=O) groups is 1. The van der Waals surface area contributed by atoms with Crippen LogP contribution in [0.1, 0.15) is 15.9 Å². The lowest BCUT2D eigenvalue weighted by atomic mass is 10.1. The lowest BCUT2D eigenvalue weighted by molar-refractivity contribution is 0.102. The van der Waals surface area contributed by atoms with Crippen molar-refractivity contribution in [3.63, 3.8) is 0 Å². The topological polar surface area (TPSA) is 83.1 Å². The number of fused-ring (bicyclic) bond motifs is 1. The molecule has 0 aliphatic heterocycles. The summed E-state index contributed by atoms with van der Waals surface area (Å²) in [5.41, 5.74) is 0.897. The maximum absolute atomic E-state index is 14.0. The molecule has 0 atom stereocenters. The summed E-state index contributed by atoms with van der Waals surface area (Å²) in [6, 6.07) is 18.8. The molecule has 0 aliphatic carbocycles. The van der Waals surface area contributed by atoms with Gasteiger partial charge in [-0.3, -0.25) is 4.79 Å².